The van der Waals surface area contributed by atoms with Crippen LogP contribution in [-0.2, 0) is 22.1 Å². The number of aliphatic imine (C=N–C) groups is 2. The molecule has 0 spiro atoms. The number of halogens is 2. The second kappa shape index (κ2) is 14.3. The van der Waals surface area contributed by atoms with Crippen LogP contribution in [0.5, 0.6) is 0 Å². The van der Waals surface area contributed by atoms with Crippen molar-refractivity contribution in [2.75, 3.05) is 13.2 Å². The Kier molecular flexibility index (Phi) is 12.1. The van der Waals surface area contributed by atoms with Crippen LogP contribution in [-0.4, -0.2) is 25.0 Å². The maximum absolute atomic E-state index is 6.03. The maximum atomic E-state index is 6.03. The fourth-order valence-corrected chi connectivity index (χ4v) is 4.05. The van der Waals surface area contributed by atoms with E-state index in [1.54, 1.807) is 0 Å². The van der Waals surface area contributed by atoms with Gasteiger partial charge >= 0.3 is 33.0 Å². The number of hydrogen-bond donors (Lipinski definition) is 0. The molecule has 4 nitrogen and oxygen atoms in total. The first-order chi connectivity index (χ1) is 16.6. The third kappa shape index (κ3) is 7.97. The third-order valence-corrected chi connectivity index (χ3v) is 5.86. The van der Waals surface area contributed by atoms with Gasteiger partial charge < -0.3 is 9.47 Å². The van der Waals surface area contributed by atoms with Crippen molar-refractivity contribution >= 4 is 43.6 Å². The van der Waals surface area contributed by atoms with Crippen LogP contribution in [0.4, 0.5) is 11.4 Å². The first-order valence-corrected chi connectivity index (χ1v) is 14.8. The van der Waals surface area contributed by atoms with Gasteiger partial charge in [-0.3, -0.25) is 0 Å². The second-order valence-electron chi connectivity index (χ2n) is 9.76. The molecule has 0 aliphatic carbocycles. The normalized spacial score (nSPS) is 16.2. The molecular formula is C28H38Cl2N2NiO2. The molecule has 1 aliphatic rings. The van der Waals surface area contributed by atoms with Crippen molar-refractivity contribution in [3.8, 4) is 0 Å². The monoisotopic (exact) mass is 562 g/mol. The molecule has 2 aromatic rings. The summed E-state index contributed by atoms with van der Waals surface area (Å²) in [6, 6.07) is 12.9. The van der Waals surface area contributed by atoms with Crippen LogP contribution in [0.15, 0.2) is 46.4 Å². The molecule has 3 rings (SSSR count). The van der Waals surface area contributed by atoms with E-state index in [0.717, 1.165) is 11.4 Å². The Balaban J connectivity index is 0.00000137. The summed E-state index contributed by atoms with van der Waals surface area (Å²) in [7, 11) is 9.40. The van der Waals surface area contributed by atoms with E-state index in [1.165, 1.54) is 22.3 Å². The summed E-state index contributed by atoms with van der Waals surface area (Å²) in [5, 5.41) is 0. The Morgan fingerprint density at radius 1 is 0.600 bits per heavy atom. The quantitative estimate of drug-likeness (QED) is 0.328. The summed E-state index contributed by atoms with van der Waals surface area (Å²) < 4.78 is 12.1. The van der Waals surface area contributed by atoms with Crippen LogP contribution >= 0.6 is 20.4 Å². The molecule has 1 saturated heterocycles. The van der Waals surface area contributed by atoms with E-state index in [9.17, 15) is 0 Å². The van der Waals surface area contributed by atoms with E-state index in [4.69, 9.17) is 39.8 Å². The van der Waals surface area contributed by atoms with Crippen LogP contribution in [0.2, 0.25) is 0 Å². The molecule has 196 valence electrons. The van der Waals surface area contributed by atoms with Crippen LogP contribution in [0.1, 0.15) is 101 Å². The first kappa shape index (κ1) is 29.7. The molecule has 7 heteroatoms. The summed E-state index contributed by atoms with van der Waals surface area (Å²) in [6.07, 6.45) is 0. The zero-order chi connectivity index (χ0) is 26.1. The fraction of sp³-hybridized carbons (Fsp3) is 0.500. The molecule has 0 bridgehead atoms. The molecular weight excluding hydrogens is 526 g/mol. The third-order valence-electron chi connectivity index (χ3n) is 5.86. The SMILES string of the molecule is CC(C)c1cccc(C(C)C)c1N=C1OCCOC1=Nc1c(C(C)C)cccc1C(C)C.[Cl][Ni][Cl]. The molecule has 35 heavy (non-hydrogen) atoms. The molecule has 2 aromatic carbocycles. The van der Waals surface area contributed by atoms with Gasteiger partial charge in [0, 0.05) is 0 Å². The van der Waals surface area contributed by atoms with Gasteiger partial charge in [-0.1, -0.05) is 91.8 Å². The van der Waals surface area contributed by atoms with Gasteiger partial charge in [0.25, 0.3) is 11.8 Å². The average Bonchev–Trinajstić information content (AvgIpc) is 2.80. The van der Waals surface area contributed by atoms with E-state index in [2.05, 4.69) is 91.8 Å². The van der Waals surface area contributed by atoms with Gasteiger partial charge in [-0.05, 0) is 45.9 Å². The Morgan fingerprint density at radius 3 is 1.09 bits per heavy atom. The molecule has 0 amide bonds. The van der Waals surface area contributed by atoms with E-state index in [1.807, 2.05) is 0 Å². The van der Waals surface area contributed by atoms with E-state index >= 15 is 0 Å². The van der Waals surface area contributed by atoms with Crippen molar-refractivity contribution in [3.05, 3.63) is 58.7 Å². The van der Waals surface area contributed by atoms with E-state index in [0.29, 0.717) is 61.3 Å². The van der Waals surface area contributed by atoms with Gasteiger partial charge in [-0.25, -0.2) is 9.98 Å². The fourth-order valence-electron chi connectivity index (χ4n) is 4.05. The van der Waals surface area contributed by atoms with Crippen molar-refractivity contribution < 1.29 is 22.1 Å². The molecule has 0 radical (unpaired) electrons. The van der Waals surface area contributed by atoms with Crippen LogP contribution in [0.25, 0.3) is 0 Å². The van der Waals surface area contributed by atoms with Crippen molar-refractivity contribution in [3.63, 3.8) is 0 Å². The summed E-state index contributed by atoms with van der Waals surface area (Å²) in [4.78, 5) is 10.1. The Labute approximate surface area is 225 Å². The van der Waals surface area contributed by atoms with Gasteiger partial charge in [0.1, 0.15) is 13.2 Å². The van der Waals surface area contributed by atoms with Crippen LogP contribution in [0, 0.1) is 0 Å². The number of rotatable bonds is 6. The minimum atomic E-state index is 0.354. The van der Waals surface area contributed by atoms with Gasteiger partial charge in [0.05, 0.1) is 11.4 Å². The predicted octanol–water partition coefficient (Wildman–Crippen LogP) is 9.36. The van der Waals surface area contributed by atoms with Gasteiger partial charge in [0.15, 0.2) is 0 Å². The summed E-state index contributed by atoms with van der Waals surface area (Å²) in [6.45, 7) is 18.5. The van der Waals surface area contributed by atoms with Crippen molar-refractivity contribution in [2.24, 2.45) is 9.98 Å². The van der Waals surface area contributed by atoms with Gasteiger partial charge in [0.2, 0.25) is 0 Å². The Morgan fingerprint density at radius 2 is 0.857 bits per heavy atom. The second-order valence-corrected chi connectivity index (χ2v) is 11.4. The zero-order valence-electron chi connectivity index (χ0n) is 22.0. The number of ether oxygens (including phenoxy) is 2. The van der Waals surface area contributed by atoms with Gasteiger partial charge in [-0.15, -0.1) is 0 Å². The molecule has 1 fully saturated rings. The van der Waals surface area contributed by atoms with Crippen molar-refractivity contribution in [1.29, 1.82) is 0 Å². The molecule has 0 aromatic heterocycles. The predicted molar refractivity (Wildman–Crippen MR) is 147 cm³/mol. The first-order valence-electron chi connectivity index (χ1n) is 12.1. The zero-order valence-corrected chi connectivity index (χ0v) is 24.5. The number of nitrogens with zero attached hydrogens (tertiary/aromatic N) is 2. The van der Waals surface area contributed by atoms with Crippen molar-refractivity contribution in [2.45, 2.75) is 79.1 Å². The Hall–Kier alpha value is -1.55. The minimum absolute atomic E-state index is 0.354. The summed E-state index contributed by atoms with van der Waals surface area (Å²) >= 11 is 0.569. The molecule has 0 saturated carbocycles. The number of hydrogen-bond acceptors (Lipinski definition) is 4. The van der Waals surface area contributed by atoms with Crippen LogP contribution in [0.3, 0.4) is 0 Å². The number of benzene rings is 2. The van der Waals surface area contributed by atoms with E-state index in [-0.39, 0.29) is 0 Å². The summed E-state index contributed by atoms with van der Waals surface area (Å²) in [5.74, 6) is 2.36. The topological polar surface area (TPSA) is 43.2 Å². The van der Waals surface area contributed by atoms with Crippen molar-refractivity contribution in [1.82, 2.24) is 0 Å². The molecule has 0 unspecified atom stereocenters. The summed E-state index contributed by atoms with van der Waals surface area (Å²) in [5.41, 5.74) is 6.80. The molecule has 1 aliphatic heterocycles. The molecule has 0 N–H and O–H groups in total. The van der Waals surface area contributed by atoms with Gasteiger partial charge in [-0.2, -0.15) is 0 Å². The standard InChI is InChI=1S/C28H38N2O2.2ClH.Ni/c1-17(2)21-11-9-12-22(18(3)4)25(21)29-27-28(32-16-15-31-27)30-26-23(19(5)6)13-10-14-24(26)20(7)8;;;/h9-14,17-20H,15-16H2,1-8H3;2*1H;/q;;;+2/p-2. The Bertz CT molecular complexity index is 900. The van der Waals surface area contributed by atoms with E-state index < -0.39 is 0 Å². The number of para-hydroxylation sites is 2. The van der Waals surface area contributed by atoms with Crippen LogP contribution < -0.4 is 0 Å². The molecule has 1 heterocycles. The molecule has 0 atom stereocenters. The average molecular weight is 564 g/mol.